The predicted molar refractivity (Wildman–Crippen MR) is 85.2 cm³/mol. The molecular weight excluding hydrogens is 412 g/mol. The van der Waals surface area contributed by atoms with Crippen LogP contribution < -0.4 is 5.14 Å². The van der Waals surface area contributed by atoms with E-state index in [2.05, 4.69) is 5.10 Å². The Morgan fingerprint density at radius 1 is 0.964 bits per heavy atom. The third-order valence-electron chi connectivity index (χ3n) is 3.68. The first kappa shape index (κ1) is 19.9. The van der Waals surface area contributed by atoms with Crippen LogP contribution in [0.1, 0.15) is 5.69 Å². The van der Waals surface area contributed by atoms with Gasteiger partial charge in [-0.15, -0.1) is 0 Å². The van der Waals surface area contributed by atoms with Crippen LogP contribution in [0.15, 0.2) is 47.4 Å². The fourth-order valence-electron chi connectivity index (χ4n) is 2.49. The number of primary sulfonamides is 1. The van der Waals surface area contributed by atoms with Crippen LogP contribution >= 0.6 is 0 Å². The number of hydrogen-bond donors (Lipinski definition) is 1. The van der Waals surface area contributed by atoms with Gasteiger partial charge in [0.1, 0.15) is 4.90 Å². The first-order valence-corrected chi connectivity index (χ1v) is 8.88. The summed E-state index contributed by atoms with van der Waals surface area (Å²) in [6.45, 7) is 0. The van der Waals surface area contributed by atoms with Gasteiger partial charge in [-0.2, -0.15) is 18.3 Å². The van der Waals surface area contributed by atoms with Crippen LogP contribution in [0.5, 0.6) is 0 Å². The molecule has 148 valence electrons. The quantitative estimate of drug-likeness (QED) is 0.518. The van der Waals surface area contributed by atoms with Crippen molar-refractivity contribution < 1.29 is 34.8 Å². The van der Waals surface area contributed by atoms with E-state index in [0.717, 1.165) is 12.1 Å². The Hall–Kier alpha value is -2.86. The first-order valence-electron chi connectivity index (χ1n) is 7.34. The summed E-state index contributed by atoms with van der Waals surface area (Å²) in [5.74, 6) is -5.09. The molecule has 28 heavy (non-hydrogen) atoms. The second-order valence-electron chi connectivity index (χ2n) is 5.59. The van der Waals surface area contributed by atoms with Gasteiger partial charge in [-0.05, 0) is 30.3 Å². The maximum atomic E-state index is 13.6. The highest BCUT2D eigenvalue weighted by atomic mass is 32.2. The Kier molecular flexibility index (Phi) is 4.71. The minimum Gasteiger partial charge on any atom is -0.231 e. The SMILES string of the molecule is NS(=O)(=O)c1ccccc1-n1nc(C(F)(F)F)cc1-c1cc(F)c(F)c(F)c1. The van der Waals surface area contributed by atoms with Gasteiger partial charge < -0.3 is 0 Å². The molecule has 0 saturated heterocycles. The van der Waals surface area contributed by atoms with Crippen LogP contribution in [0.3, 0.4) is 0 Å². The molecule has 5 nitrogen and oxygen atoms in total. The molecule has 0 atom stereocenters. The zero-order chi connectivity index (χ0) is 20.9. The fraction of sp³-hybridized carbons (Fsp3) is 0.0625. The third kappa shape index (κ3) is 3.60. The van der Waals surface area contributed by atoms with Crippen molar-refractivity contribution in [3.63, 3.8) is 0 Å². The first-order chi connectivity index (χ1) is 12.9. The van der Waals surface area contributed by atoms with Gasteiger partial charge in [0.15, 0.2) is 23.1 Å². The summed E-state index contributed by atoms with van der Waals surface area (Å²) >= 11 is 0. The number of halogens is 6. The van der Waals surface area contributed by atoms with Crippen molar-refractivity contribution in [2.75, 3.05) is 0 Å². The number of rotatable bonds is 3. The van der Waals surface area contributed by atoms with E-state index < -0.39 is 55.5 Å². The van der Waals surface area contributed by atoms with E-state index in [9.17, 15) is 34.8 Å². The largest absolute Gasteiger partial charge is 0.435 e. The topological polar surface area (TPSA) is 78.0 Å². The molecule has 12 heteroatoms. The molecule has 0 aliphatic carbocycles. The Morgan fingerprint density at radius 2 is 1.54 bits per heavy atom. The molecule has 0 radical (unpaired) electrons. The van der Waals surface area contributed by atoms with Gasteiger partial charge in [0, 0.05) is 5.56 Å². The monoisotopic (exact) mass is 421 g/mol. The van der Waals surface area contributed by atoms with E-state index in [1.54, 1.807) is 0 Å². The summed E-state index contributed by atoms with van der Waals surface area (Å²) in [5.41, 5.74) is -2.87. The van der Waals surface area contributed by atoms with Crippen molar-refractivity contribution in [2.24, 2.45) is 5.14 Å². The molecule has 0 amide bonds. The van der Waals surface area contributed by atoms with Gasteiger partial charge in [-0.1, -0.05) is 12.1 Å². The maximum absolute atomic E-state index is 13.6. The van der Waals surface area contributed by atoms with E-state index in [4.69, 9.17) is 5.14 Å². The average molecular weight is 421 g/mol. The minimum absolute atomic E-state index is 0.388. The van der Waals surface area contributed by atoms with E-state index in [-0.39, 0.29) is 5.69 Å². The van der Waals surface area contributed by atoms with Crippen molar-refractivity contribution in [1.82, 2.24) is 9.78 Å². The molecule has 0 spiro atoms. The molecule has 2 aromatic carbocycles. The van der Waals surface area contributed by atoms with Gasteiger partial charge in [0.05, 0.1) is 11.4 Å². The molecule has 0 fully saturated rings. The zero-order valence-corrected chi connectivity index (χ0v) is 14.3. The summed E-state index contributed by atoms with van der Waals surface area (Å²) in [6.07, 6.45) is -4.95. The number of nitrogens with two attached hydrogens (primary N) is 1. The van der Waals surface area contributed by atoms with Crippen molar-refractivity contribution in [3.8, 4) is 16.9 Å². The van der Waals surface area contributed by atoms with Gasteiger partial charge in [0.2, 0.25) is 10.0 Å². The van der Waals surface area contributed by atoms with Crippen molar-refractivity contribution in [3.05, 3.63) is 65.6 Å². The van der Waals surface area contributed by atoms with Gasteiger partial charge in [0.25, 0.3) is 0 Å². The Labute approximate surface area is 154 Å². The van der Waals surface area contributed by atoms with E-state index in [0.29, 0.717) is 22.9 Å². The molecule has 0 saturated carbocycles. The second-order valence-corrected chi connectivity index (χ2v) is 7.12. The Balaban J connectivity index is 2.37. The van der Waals surface area contributed by atoms with E-state index >= 15 is 0 Å². The lowest BCUT2D eigenvalue weighted by atomic mass is 10.1. The van der Waals surface area contributed by atoms with Crippen LogP contribution in [0.25, 0.3) is 16.9 Å². The van der Waals surface area contributed by atoms with E-state index in [1.807, 2.05) is 0 Å². The minimum atomic E-state index is -4.95. The number of hydrogen-bond acceptors (Lipinski definition) is 3. The molecule has 1 aromatic heterocycles. The van der Waals surface area contributed by atoms with Gasteiger partial charge in [-0.25, -0.2) is 31.4 Å². The summed E-state index contributed by atoms with van der Waals surface area (Å²) in [6, 6.07) is 6.08. The van der Waals surface area contributed by atoms with E-state index in [1.165, 1.54) is 12.1 Å². The highest BCUT2D eigenvalue weighted by molar-refractivity contribution is 7.89. The molecular formula is C16H9F6N3O2S. The Morgan fingerprint density at radius 3 is 2.07 bits per heavy atom. The molecule has 3 aromatic rings. The lowest BCUT2D eigenvalue weighted by Gasteiger charge is -2.12. The average Bonchev–Trinajstić information content (AvgIpc) is 3.04. The maximum Gasteiger partial charge on any atom is 0.435 e. The lowest BCUT2D eigenvalue weighted by Crippen LogP contribution is -2.16. The number of alkyl halides is 3. The molecule has 0 aliphatic rings. The van der Waals surface area contributed by atoms with Crippen molar-refractivity contribution in [1.29, 1.82) is 0 Å². The molecule has 3 rings (SSSR count). The molecule has 0 unspecified atom stereocenters. The molecule has 0 aliphatic heterocycles. The standard InChI is InChI=1S/C16H9F6N3O2S/c17-9-5-8(6-10(18)15(9)19)12-7-14(16(20,21)22)24-25(12)11-3-1-2-4-13(11)28(23,26)27/h1-7H,(H2,23,26,27). The third-order valence-corrected chi connectivity index (χ3v) is 4.64. The van der Waals surface area contributed by atoms with Crippen LogP contribution in [0.4, 0.5) is 26.3 Å². The fourth-order valence-corrected chi connectivity index (χ4v) is 3.20. The van der Waals surface area contributed by atoms with Crippen LogP contribution in [0.2, 0.25) is 0 Å². The number of aromatic nitrogens is 2. The summed E-state index contributed by atoms with van der Waals surface area (Å²) < 4.78 is 104. The van der Waals surface area contributed by atoms with Crippen LogP contribution in [0, 0.1) is 17.5 Å². The number of sulfonamides is 1. The second kappa shape index (κ2) is 6.63. The van der Waals surface area contributed by atoms with Crippen LogP contribution in [-0.2, 0) is 16.2 Å². The van der Waals surface area contributed by atoms with Gasteiger partial charge >= 0.3 is 6.18 Å². The number of nitrogens with zero attached hydrogens (tertiary/aromatic N) is 2. The molecule has 2 N–H and O–H groups in total. The smallest absolute Gasteiger partial charge is 0.231 e. The van der Waals surface area contributed by atoms with Crippen molar-refractivity contribution >= 4 is 10.0 Å². The lowest BCUT2D eigenvalue weighted by molar-refractivity contribution is -0.141. The van der Waals surface area contributed by atoms with Crippen LogP contribution in [-0.4, -0.2) is 18.2 Å². The highest BCUT2D eigenvalue weighted by Crippen LogP contribution is 2.35. The molecule has 0 bridgehead atoms. The predicted octanol–water partition coefficient (Wildman–Crippen LogP) is 3.62. The summed E-state index contributed by atoms with van der Waals surface area (Å²) in [5, 5.41) is 8.40. The highest BCUT2D eigenvalue weighted by Gasteiger charge is 2.36. The number of para-hydroxylation sites is 1. The molecule has 1 heterocycles. The summed E-state index contributed by atoms with van der Waals surface area (Å²) in [7, 11) is -4.38. The number of benzene rings is 2. The normalized spacial score (nSPS) is 12.4. The summed E-state index contributed by atoms with van der Waals surface area (Å²) in [4.78, 5) is -0.573. The van der Waals surface area contributed by atoms with Gasteiger partial charge in [-0.3, -0.25) is 0 Å². The zero-order valence-electron chi connectivity index (χ0n) is 13.5. The Bertz CT molecular complexity index is 1150. The van der Waals surface area contributed by atoms with Crippen molar-refractivity contribution in [2.45, 2.75) is 11.1 Å².